The molecule has 0 amide bonds. The summed E-state index contributed by atoms with van der Waals surface area (Å²) in [7, 11) is 3.27. The van der Waals surface area contributed by atoms with Gasteiger partial charge in [-0.25, -0.2) is 0 Å². The van der Waals surface area contributed by atoms with Gasteiger partial charge < -0.3 is 37.4 Å². The summed E-state index contributed by atoms with van der Waals surface area (Å²) in [5.74, 6) is 1.70. The van der Waals surface area contributed by atoms with Crippen molar-refractivity contribution in [2.45, 2.75) is 31.9 Å². The lowest BCUT2D eigenvalue weighted by atomic mass is 10.0. The minimum absolute atomic E-state index is 0. The number of hydrogen-bond acceptors (Lipinski definition) is 4. The summed E-state index contributed by atoms with van der Waals surface area (Å²) in [5, 5.41) is 21.9. The predicted molar refractivity (Wildman–Crippen MR) is 97.2 cm³/mol. The van der Waals surface area contributed by atoms with Crippen LogP contribution in [0, 0.1) is 0 Å². The van der Waals surface area contributed by atoms with Crippen molar-refractivity contribution in [3.8, 4) is 17.2 Å². The molecule has 2 aromatic carbocycles. The molecule has 2 unspecified atom stereocenters. The van der Waals surface area contributed by atoms with Gasteiger partial charge in [-0.05, 0) is 48.7 Å². The van der Waals surface area contributed by atoms with Crippen LogP contribution in [-0.4, -0.2) is 37.0 Å². The van der Waals surface area contributed by atoms with Gasteiger partial charge in [0, 0.05) is 6.42 Å². The third-order valence-corrected chi connectivity index (χ3v) is 4.39. The Hall–Kier alpha value is -1.95. The standard InChI is InChI=1S/C20H27NO4.ClH/c1-14(20(23)16-7-9-17(22)10-8-16)21-12-4-5-15-6-11-18(24-2)19(13-15)25-3;/h6-11,13-14,20-23H,4-5,12H2,1-3H3;1H. The van der Waals surface area contributed by atoms with Crippen molar-refractivity contribution in [2.24, 2.45) is 0 Å². The molecule has 0 saturated carbocycles. The summed E-state index contributed by atoms with van der Waals surface area (Å²) in [6.07, 6.45) is 1.39. The first-order valence-electron chi connectivity index (χ1n) is 8.56. The molecule has 0 saturated heterocycles. The van der Waals surface area contributed by atoms with Gasteiger partial charge in [-0.1, -0.05) is 18.2 Å². The average molecular weight is 382 g/mol. The maximum Gasteiger partial charge on any atom is 0.160 e. The summed E-state index contributed by atoms with van der Waals surface area (Å²) >= 11 is 0. The zero-order chi connectivity index (χ0) is 18.2. The minimum atomic E-state index is -0.554. The molecule has 0 fully saturated rings. The van der Waals surface area contributed by atoms with E-state index in [9.17, 15) is 10.2 Å². The molecule has 0 radical (unpaired) electrons. The molecule has 2 rings (SSSR count). The van der Waals surface area contributed by atoms with Crippen molar-refractivity contribution in [1.29, 1.82) is 0 Å². The molecule has 4 N–H and O–H groups in total. The highest BCUT2D eigenvalue weighted by molar-refractivity contribution is 5.42. The van der Waals surface area contributed by atoms with Crippen LogP contribution in [-0.2, 0) is 6.42 Å². The van der Waals surface area contributed by atoms with Gasteiger partial charge in [0.15, 0.2) is 11.5 Å². The molecule has 2 aromatic rings. The molecule has 0 aromatic heterocycles. The number of phenolic OH excluding ortho intramolecular Hbond substituents is 1. The van der Waals surface area contributed by atoms with Crippen molar-refractivity contribution in [1.82, 2.24) is 0 Å². The number of nitrogens with two attached hydrogens (primary N) is 1. The van der Waals surface area contributed by atoms with Gasteiger partial charge in [0.2, 0.25) is 0 Å². The van der Waals surface area contributed by atoms with Gasteiger partial charge in [0.25, 0.3) is 0 Å². The van der Waals surface area contributed by atoms with E-state index in [1.54, 1.807) is 38.5 Å². The third-order valence-electron chi connectivity index (χ3n) is 4.39. The monoisotopic (exact) mass is 381 g/mol. The summed E-state index contributed by atoms with van der Waals surface area (Å²) in [4.78, 5) is 0. The van der Waals surface area contributed by atoms with E-state index < -0.39 is 6.10 Å². The van der Waals surface area contributed by atoms with E-state index >= 15 is 0 Å². The molecular formula is C20H28ClNO4. The fourth-order valence-corrected chi connectivity index (χ4v) is 2.83. The van der Waals surface area contributed by atoms with E-state index in [0.717, 1.165) is 36.4 Å². The van der Waals surface area contributed by atoms with Crippen molar-refractivity contribution in [3.63, 3.8) is 0 Å². The zero-order valence-corrected chi connectivity index (χ0v) is 16.2. The number of aliphatic hydroxyl groups is 1. The zero-order valence-electron chi connectivity index (χ0n) is 15.5. The van der Waals surface area contributed by atoms with Gasteiger partial charge >= 0.3 is 0 Å². The van der Waals surface area contributed by atoms with E-state index in [1.807, 2.05) is 19.1 Å². The fraction of sp³-hybridized carbons (Fsp3) is 0.400. The van der Waals surface area contributed by atoms with Gasteiger partial charge in [-0.2, -0.15) is 0 Å². The quantitative estimate of drug-likeness (QED) is 0.489. The first-order chi connectivity index (χ1) is 12.0. The first-order valence-corrected chi connectivity index (χ1v) is 8.56. The SMILES string of the molecule is COc1ccc(CCC[NH2+]C(C)C(O)c2ccc(O)cc2)cc1OC.[Cl-]. The van der Waals surface area contributed by atoms with Gasteiger partial charge in [0.1, 0.15) is 17.9 Å². The molecule has 0 aliphatic heterocycles. The lowest BCUT2D eigenvalue weighted by molar-refractivity contribution is -0.694. The van der Waals surface area contributed by atoms with Crippen LogP contribution in [0.3, 0.4) is 0 Å². The number of aliphatic hydroxyl groups excluding tert-OH is 1. The highest BCUT2D eigenvalue weighted by Crippen LogP contribution is 2.27. The van der Waals surface area contributed by atoms with E-state index in [4.69, 9.17) is 9.47 Å². The summed E-state index contributed by atoms with van der Waals surface area (Å²) in [6, 6.07) is 12.8. The van der Waals surface area contributed by atoms with Crippen LogP contribution in [0.4, 0.5) is 0 Å². The number of aryl methyl sites for hydroxylation is 1. The summed E-state index contributed by atoms with van der Waals surface area (Å²) in [6.45, 7) is 2.93. The number of methoxy groups -OCH3 is 2. The first kappa shape index (κ1) is 22.1. The second kappa shape index (κ2) is 10.9. The molecule has 0 spiro atoms. The van der Waals surface area contributed by atoms with Gasteiger partial charge in [-0.3, -0.25) is 0 Å². The Morgan fingerprint density at radius 2 is 1.65 bits per heavy atom. The van der Waals surface area contributed by atoms with Crippen molar-refractivity contribution in [2.75, 3.05) is 20.8 Å². The molecule has 0 heterocycles. The Kier molecular flexibility index (Phi) is 9.27. The Balaban J connectivity index is 0.00000338. The number of hydrogen-bond donors (Lipinski definition) is 3. The fourth-order valence-electron chi connectivity index (χ4n) is 2.83. The minimum Gasteiger partial charge on any atom is -1.00 e. The molecule has 0 aliphatic rings. The van der Waals surface area contributed by atoms with E-state index in [2.05, 4.69) is 11.4 Å². The van der Waals surface area contributed by atoms with Crippen LogP contribution in [0.5, 0.6) is 17.2 Å². The van der Waals surface area contributed by atoms with Crippen LogP contribution in [0.15, 0.2) is 42.5 Å². The molecule has 6 heteroatoms. The molecule has 0 bridgehead atoms. The van der Waals surface area contributed by atoms with Crippen molar-refractivity contribution >= 4 is 0 Å². The second-order valence-corrected chi connectivity index (χ2v) is 6.21. The maximum atomic E-state index is 10.4. The van der Waals surface area contributed by atoms with Crippen LogP contribution in [0.1, 0.15) is 30.6 Å². The highest BCUT2D eigenvalue weighted by Gasteiger charge is 2.18. The van der Waals surface area contributed by atoms with E-state index in [0.29, 0.717) is 0 Å². The number of ether oxygens (including phenoxy) is 2. The van der Waals surface area contributed by atoms with Gasteiger partial charge in [0.05, 0.1) is 20.8 Å². The average Bonchev–Trinajstić information content (AvgIpc) is 2.64. The summed E-state index contributed by atoms with van der Waals surface area (Å²) < 4.78 is 10.6. The van der Waals surface area contributed by atoms with Crippen LogP contribution < -0.4 is 27.2 Å². The Morgan fingerprint density at radius 1 is 1.00 bits per heavy atom. The number of quaternary nitrogens is 1. The molecule has 26 heavy (non-hydrogen) atoms. The van der Waals surface area contributed by atoms with Gasteiger partial charge in [-0.15, -0.1) is 0 Å². The van der Waals surface area contributed by atoms with Crippen LogP contribution in [0.2, 0.25) is 0 Å². The number of aromatic hydroxyl groups is 1. The number of benzene rings is 2. The number of phenols is 1. The molecule has 5 nitrogen and oxygen atoms in total. The smallest absolute Gasteiger partial charge is 0.160 e. The van der Waals surface area contributed by atoms with Crippen LogP contribution in [0.25, 0.3) is 0 Å². The van der Waals surface area contributed by atoms with E-state index in [1.165, 1.54) is 5.56 Å². The molecule has 144 valence electrons. The topological polar surface area (TPSA) is 75.5 Å². The largest absolute Gasteiger partial charge is 1.00 e. The second-order valence-electron chi connectivity index (χ2n) is 6.21. The Labute approximate surface area is 161 Å². The Morgan fingerprint density at radius 3 is 2.27 bits per heavy atom. The highest BCUT2D eigenvalue weighted by atomic mass is 35.5. The van der Waals surface area contributed by atoms with Crippen molar-refractivity contribution in [3.05, 3.63) is 53.6 Å². The van der Waals surface area contributed by atoms with E-state index in [-0.39, 0.29) is 24.2 Å². The molecule has 0 aliphatic carbocycles. The number of halogens is 1. The lowest BCUT2D eigenvalue weighted by Gasteiger charge is -2.18. The molecule has 2 atom stereocenters. The van der Waals surface area contributed by atoms with Crippen molar-refractivity contribution < 1.29 is 37.4 Å². The Bertz CT molecular complexity index is 663. The maximum absolute atomic E-state index is 10.4. The third kappa shape index (κ3) is 6.09. The summed E-state index contributed by atoms with van der Waals surface area (Å²) in [5.41, 5.74) is 2.03. The predicted octanol–water partition coefficient (Wildman–Crippen LogP) is -0.968. The number of rotatable bonds is 9. The van der Waals surface area contributed by atoms with Crippen LogP contribution >= 0.6 is 0 Å². The molecular weight excluding hydrogens is 354 g/mol. The normalized spacial score (nSPS) is 12.8. The lowest BCUT2D eigenvalue weighted by Crippen LogP contribution is -3.00.